The molecule has 3 aromatic carbocycles. The molecule has 0 N–H and O–H groups in total. The lowest BCUT2D eigenvalue weighted by molar-refractivity contribution is 0.0901. The minimum Gasteiger partial charge on any atom is -0.313 e. The van der Waals surface area contributed by atoms with E-state index < -0.39 is 12.8 Å². The molecule has 3 nitrogen and oxygen atoms in total. The van der Waals surface area contributed by atoms with Gasteiger partial charge in [0.2, 0.25) is 5.91 Å². The summed E-state index contributed by atoms with van der Waals surface area (Å²) in [5.41, 5.74) is 0.451. The summed E-state index contributed by atoms with van der Waals surface area (Å²) in [6.07, 6.45) is 3.63. The molecule has 0 bridgehead atoms. The molecule has 1 aromatic heterocycles. The Labute approximate surface area is 171 Å². The van der Waals surface area contributed by atoms with Crippen molar-refractivity contribution in [3.05, 3.63) is 121 Å². The van der Waals surface area contributed by atoms with Gasteiger partial charge in [-0.05, 0) is 17.7 Å². The smallest absolute Gasteiger partial charge is 0.231 e. The third-order valence-electron chi connectivity index (χ3n) is 5.16. The second kappa shape index (κ2) is 8.46. The molecule has 0 aliphatic heterocycles. The number of carbonyl (C=O) groups excluding carboxylic acids is 1. The van der Waals surface area contributed by atoms with E-state index in [2.05, 4.69) is 0 Å². The molecule has 0 spiro atoms. The van der Waals surface area contributed by atoms with Gasteiger partial charge in [-0.3, -0.25) is 9.36 Å². The van der Waals surface area contributed by atoms with E-state index in [-0.39, 0.29) is 12.3 Å². The van der Waals surface area contributed by atoms with Gasteiger partial charge in [0, 0.05) is 29.4 Å². The second-order valence-electron chi connectivity index (χ2n) is 6.94. The third-order valence-corrected chi connectivity index (χ3v) is 8.65. The zero-order valence-electron chi connectivity index (χ0n) is 16.0. The molecule has 0 aliphatic rings. The first-order valence-electron chi connectivity index (χ1n) is 9.61. The maximum absolute atomic E-state index is 14.9. The molecule has 4 aromatic rings. The second-order valence-corrected chi connectivity index (χ2v) is 9.92. The largest absolute Gasteiger partial charge is 0.313 e. The summed E-state index contributed by atoms with van der Waals surface area (Å²) in [5, 5.41) is 1.53. The number of aromatic nitrogens is 1. The van der Waals surface area contributed by atoms with Crippen LogP contribution in [0.5, 0.6) is 0 Å². The molecular weight excluding hydrogens is 377 g/mol. The SMILES string of the molecule is O=C(C[C@@H](c1ccccc1)P(=O)(c1ccccc1)c1ccccc1)n1cccc1. The minimum atomic E-state index is -3.15. The highest BCUT2D eigenvalue weighted by Gasteiger charge is 2.39. The fraction of sp³-hybridized carbons (Fsp3) is 0.0800. The maximum atomic E-state index is 14.9. The topological polar surface area (TPSA) is 39.1 Å². The average molecular weight is 399 g/mol. The number of benzene rings is 3. The lowest BCUT2D eigenvalue weighted by atomic mass is 10.1. The highest BCUT2D eigenvalue weighted by atomic mass is 31.2. The Balaban J connectivity index is 1.89. The monoisotopic (exact) mass is 399 g/mol. The van der Waals surface area contributed by atoms with Crippen LogP contribution in [-0.2, 0) is 4.57 Å². The normalized spacial score (nSPS) is 12.4. The highest BCUT2D eigenvalue weighted by molar-refractivity contribution is 7.79. The molecule has 1 atom stereocenters. The summed E-state index contributed by atoms with van der Waals surface area (Å²) in [5.74, 6) is -0.0732. The van der Waals surface area contributed by atoms with E-state index in [0.29, 0.717) is 0 Å². The predicted molar refractivity (Wildman–Crippen MR) is 119 cm³/mol. The number of carbonyl (C=O) groups is 1. The molecule has 1 heterocycles. The Bertz CT molecular complexity index is 1060. The Kier molecular flexibility index (Phi) is 5.59. The summed E-state index contributed by atoms with van der Waals surface area (Å²) in [7, 11) is -3.15. The van der Waals surface area contributed by atoms with Gasteiger partial charge in [-0.2, -0.15) is 0 Å². The van der Waals surface area contributed by atoms with Gasteiger partial charge in [0.1, 0.15) is 0 Å². The Morgan fingerprint density at radius 2 is 1.14 bits per heavy atom. The summed E-state index contributed by atoms with van der Waals surface area (Å²) in [4.78, 5) is 13.0. The molecule has 4 heteroatoms. The van der Waals surface area contributed by atoms with Crippen molar-refractivity contribution >= 4 is 23.7 Å². The summed E-state index contributed by atoms with van der Waals surface area (Å²) < 4.78 is 16.4. The first-order chi connectivity index (χ1) is 14.2. The Hall–Kier alpha value is -3.16. The molecule has 0 unspecified atom stereocenters. The first kappa shape index (κ1) is 19.2. The lowest BCUT2D eigenvalue weighted by Crippen LogP contribution is -2.24. The Morgan fingerprint density at radius 1 is 0.690 bits per heavy atom. The molecule has 0 aliphatic carbocycles. The van der Waals surface area contributed by atoms with Gasteiger partial charge >= 0.3 is 0 Å². The summed E-state index contributed by atoms with van der Waals surface area (Å²) >= 11 is 0. The molecular formula is C25H22NO2P. The summed E-state index contributed by atoms with van der Waals surface area (Å²) in [6.45, 7) is 0. The van der Waals surface area contributed by atoms with Crippen LogP contribution in [0.1, 0.15) is 22.4 Å². The number of hydrogen-bond donors (Lipinski definition) is 0. The number of hydrogen-bond acceptors (Lipinski definition) is 2. The van der Waals surface area contributed by atoms with Gasteiger partial charge in [0.15, 0.2) is 7.14 Å². The number of nitrogens with zero attached hydrogens (tertiary/aromatic N) is 1. The molecule has 0 fully saturated rings. The number of rotatable bonds is 6. The van der Waals surface area contributed by atoms with Gasteiger partial charge in [0.25, 0.3) is 0 Å². The van der Waals surface area contributed by atoms with Crippen LogP contribution in [0.3, 0.4) is 0 Å². The van der Waals surface area contributed by atoms with Crippen LogP contribution >= 0.6 is 7.14 Å². The van der Waals surface area contributed by atoms with Crippen molar-refractivity contribution in [2.45, 2.75) is 12.1 Å². The molecule has 0 saturated carbocycles. The molecule has 0 radical (unpaired) electrons. The predicted octanol–water partition coefficient (Wildman–Crippen LogP) is 5.27. The van der Waals surface area contributed by atoms with Gasteiger partial charge < -0.3 is 4.57 Å². The van der Waals surface area contributed by atoms with Gasteiger partial charge in [-0.1, -0.05) is 91.0 Å². The van der Waals surface area contributed by atoms with E-state index in [4.69, 9.17) is 0 Å². The van der Waals surface area contributed by atoms with Gasteiger partial charge in [-0.15, -0.1) is 0 Å². The van der Waals surface area contributed by atoms with E-state index >= 15 is 0 Å². The standard InChI is InChI=1S/C25H22NO2P/c27-25(26-18-10-11-19-26)20-24(21-12-4-1-5-13-21)29(28,22-14-6-2-7-15-22)23-16-8-3-9-17-23/h1-19,24H,20H2/t24-/m0/s1. The van der Waals surface area contributed by atoms with Crippen LogP contribution in [0.15, 0.2) is 116 Å². The van der Waals surface area contributed by atoms with E-state index in [1.807, 2.05) is 103 Å². The fourth-order valence-electron chi connectivity index (χ4n) is 3.71. The van der Waals surface area contributed by atoms with Crippen LogP contribution in [0.2, 0.25) is 0 Å². The maximum Gasteiger partial charge on any atom is 0.231 e. The van der Waals surface area contributed by atoms with Gasteiger partial charge in [-0.25, -0.2) is 0 Å². The quantitative estimate of drug-likeness (QED) is 0.414. The van der Waals surface area contributed by atoms with Crippen LogP contribution in [0.4, 0.5) is 0 Å². The molecule has 144 valence electrons. The average Bonchev–Trinajstić information content (AvgIpc) is 3.34. The van der Waals surface area contributed by atoms with Crippen molar-refractivity contribution in [2.24, 2.45) is 0 Å². The molecule has 0 saturated heterocycles. The van der Waals surface area contributed by atoms with Crippen LogP contribution in [-0.4, -0.2) is 10.5 Å². The van der Waals surface area contributed by atoms with E-state index in [1.165, 1.54) is 0 Å². The van der Waals surface area contributed by atoms with Crippen molar-refractivity contribution in [3.63, 3.8) is 0 Å². The first-order valence-corrected chi connectivity index (χ1v) is 11.4. The van der Waals surface area contributed by atoms with Crippen LogP contribution in [0.25, 0.3) is 0 Å². The fourth-order valence-corrected chi connectivity index (χ4v) is 6.96. The van der Waals surface area contributed by atoms with Crippen molar-refractivity contribution in [3.8, 4) is 0 Å². The van der Waals surface area contributed by atoms with E-state index in [0.717, 1.165) is 16.2 Å². The Morgan fingerprint density at radius 3 is 1.62 bits per heavy atom. The minimum absolute atomic E-state index is 0.0732. The van der Waals surface area contributed by atoms with Crippen molar-refractivity contribution < 1.29 is 9.36 Å². The van der Waals surface area contributed by atoms with Crippen LogP contribution in [0, 0.1) is 0 Å². The zero-order valence-corrected chi connectivity index (χ0v) is 16.9. The van der Waals surface area contributed by atoms with E-state index in [1.54, 1.807) is 17.0 Å². The highest BCUT2D eigenvalue weighted by Crippen LogP contribution is 2.58. The summed E-state index contributed by atoms with van der Waals surface area (Å²) in [6, 6.07) is 32.5. The van der Waals surface area contributed by atoms with Crippen molar-refractivity contribution in [1.82, 2.24) is 4.57 Å². The molecule has 0 amide bonds. The molecule has 29 heavy (non-hydrogen) atoms. The zero-order chi connectivity index (χ0) is 20.1. The molecule has 4 rings (SSSR count). The van der Waals surface area contributed by atoms with E-state index in [9.17, 15) is 9.36 Å². The lowest BCUT2D eigenvalue weighted by Gasteiger charge is -2.29. The van der Waals surface area contributed by atoms with Gasteiger partial charge in [0.05, 0.1) is 5.66 Å². The third kappa shape index (κ3) is 3.87. The van der Waals surface area contributed by atoms with Crippen molar-refractivity contribution in [2.75, 3.05) is 0 Å². The van der Waals surface area contributed by atoms with Crippen LogP contribution < -0.4 is 10.6 Å². The van der Waals surface area contributed by atoms with Crippen molar-refractivity contribution in [1.29, 1.82) is 0 Å².